The Kier molecular flexibility index (Phi) is 4.90. The van der Waals surface area contributed by atoms with Gasteiger partial charge in [-0.25, -0.2) is 8.42 Å². The topological polar surface area (TPSA) is 63.7 Å². The van der Waals surface area contributed by atoms with Crippen LogP contribution in [-0.2, 0) is 14.6 Å². The molecule has 1 aromatic rings. The third kappa shape index (κ3) is 4.25. The Morgan fingerprint density at radius 1 is 1.13 bits per heavy atom. The number of hydrogen-bond donors (Lipinski definition) is 0. The van der Waals surface area contributed by atoms with E-state index in [4.69, 9.17) is 4.74 Å². The van der Waals surface area contributed by atoms with Crippen molar-refractivity contribution in [2.24, 2.45) is 11.8 Å². The van der Waals surface area contributed by atoms with Crippen LogP contribution in [0, 0.1) is 11.8 Å². The third-order valence-corrected chi connectivity index (χ3v) is 6.50. The summed E-state index contributed by atoms with van der Waals surface area (Å²) in [7, 11) is -3.00. The van der Waals surface area contributed by atoms with E-state index in [-0.39, 0.29) is 23.3 Å². The van der Waals surface area contributed by atoms with Gasteiger partial charge in [0.1, 0.15) is 5.75 Å². The summed E-state index contributed by atoms with van der Waals surface area (Å²) in [5.41, 5.74) is 0. The minimum Gasteiger partial charge on any atom is -0.493 e. The Morgan fingerprint density at radius 2 is 1.83 bits per heavy atom. The van der Waals surface area contributed by atoms with Crippen LogP contribution >= 0.6 is 0 Å². The van der Waals surface area contributed by atoms with E-state index in [0.29, 0.717) is 32.0 Å². The number of carbonyl (C=O) groups is 1. The van der Waals surface area contributed by atoms with Crippen LogP contribution in [-0.4, -0.2) is 50.4 Å². The predicted octanol–water partition coefficient (Wildman–Crippen LogP) is 1.74. The average Bonchev–Trinajstić information content (AvgIpc) is 2.94. The number of nitrogens with zero attached hydrogens (tertiary/aromatic N) is 1. The Hall–Kier alpha value is -1.56. The lowest BCUT2D eigenvalue weighted by Gasteiger charge is -2.33. The van der Waals surface area contributed by atoms with Crippen LogP contribution in [0.4, 0.5) is 0 Å². The molecule has 2 saturated heterocycles. The molecule has 0 aromatic heterocycles. The van der Waals surface area contributed by atoms with Gasteiger partial charge in [0.15, 0.2) is 9.84 Å². The van der Waals surface area contributed by atoms with Gasteiger partial charge in [0, 0.05) is 13.1 Å². The van der Waals surface area contributed by atoms with Crippen LogP contribution in [0.25, 0.3) is 0 Å². The molecule has 1 aromatic carbocycles. The fraction of sp³-hybridized carbons (Fsp3) is 0.588. The number of amides is 1. The summed E-state index contributed by atoms with van der Waals surface area (Å²) in [6.45, 7) is 2.08. The molecule has 0 saturated carbocycles. The molecule has 0 N–H and O–H groups in total. The van der Waals surface area contributed by atoms with Crippen LogP contribution in [0.2, 0.25) is 0 Å². The highest BCUT2D eigenvalue weighted by Crippen LogP contribution is 2.25. The molecule has 0 spiro atoms. The lowest BCUT2D eigenvalue weighted by Crippen LogP contribution is -2.43. The molecule has 2 fully saturated rings. The Morgan fingerprint density at radius 3 is 2.43 bits per heavy atom. The number of rotatable bonds is 4. The molecule has 0 aliphatic carbocycles. The van der Waals surface area contributed by atoms with E-state index < -0.39 is 9.84 Å². The van der Waals surface area contributed by atoms with Crippen molar-refractivity contribution in [3.63, 3.8) is 0 Å². The standard InChI is InChI=1S/C17H23NO4S/c19-17(15-8-11-23(20,21)13-15)18-9-6-14(7-10-18)12-22-16-4-2-1-3-5-16/h1-5,14-15H,6-13H2/t15-/m1/s1. The van der Waals surface area contributed by atoms with E-state index in [1.54, 1.807) is 0 Å². The van der Waals surface area contributed by atoms with Crippen molar-refractivity contribution in [2.75, 3.05) is 31.2 Å². The van der Waals surface area contributed by atoms with Crippen LogP contribution in [0.1, 0.15) is 19.3 Å². The highest BCUT2D eigenvalue weighted by atomic mass is 32.2. The van der Waals surface area contributed by atoms with Gasteiger partial charge in [0.2, 0.25) is 5.91 Å². The molecule has 0 bridgehead atoms. The predicted molar refractivity (Wildman–Crippen MR) is 88.0 cm³/mol. The zero-order valence-corrected chi connectivity index (χ0v) is 14.0. The molecule has 23 heavy (non-hydrogen) atoms. The smallest absolute Gasteiger partial charge is 0.226 e. The van der Waals surface area contributed by atoms with Crippen LogP contribution in [0.15, 0.2) is 30.3 Å². The Labute approximate surface area is 137 Å². The molecule has 2 aliphatic rings. The number of likely N-dealkylation sites (tertiary alicyclic amines) is 1. The van der Waals surface area contributed by atoms with Crippen molar-refractivity contribution >= 4 is 15.7 Å². The number of sulfone groups is 1. The van der Waals surface area contributed by atoms with Crippen LogP contribution in [0.3, 0.4) is 0 Å². The van der Waals surface area contributed by atoms with Crippen molar-refractivity contribution in [3.8, 4) is 5.75 Å². The van der Waals surface area contributed by atoms with Gasteiger partial charge < -0.3 is 9.64 Å². The molecular formula is C17H23NO4S. The summed E-state index contributed by atoms with van der Waals surface area (Å²) in [5.74, 6) is 1.22. The Bertz CT molecular complexity index is 636. The van der Waals surface area contributed by atoms with Crippen molar-refractivity contribution in [1.82, 2.24) is 4.90 Å². The number of carbonyl (C=O) groups excluding carboxylic acids is 1. The first-order valence-corrected chi connectivity index (χ1v) is 10.0. The highest BCUT2D eigenvalue weighted by molar-refractivity contribution is 7.91. The monoisotopic (exact) mass is 337 g/mol. The van der Waals surface area contributed by atoms with E-state index in [9.17, 15) is 13.2 Å². The van der Waals surface area contributed by atoms with Crippen molar-refractivity contribution < 1.29 is 17.9 Å². The summed E-state index contributed by atoms with van der Waals surface area (Å²) in [6.07, 6.45) is 2.31. The zero-order valence-electron chi connectivity index (χ0n) is 13.2. The van der Waals surface area contributed by atoms with E-state index in [1.807, 2.05) is 35.2 Å². The molecule has 126 valence electrons. The van der Waals surface area contributed by atoms with Crippen LogP contribution < -0.4 is 4.74 Å². The number of benzene rings is 1. The average molecular weight is 337 g/mol. The number of piperidine rings is 1. The summed E-state index contributed by atoms with van der Waals surface area (Å²) in [4.78, 5) is 14.2. The van der Waals surface area contributed by atoms with Crippen molar-refractivity contribution in [1.29, 1.82) is 0 Å². The van der Waals surface area contributed by atoms with Gasteiger partial charge >= 0.3 is 0 Å². The number of para-hydroxylation sites is 1. The third-order valence-electron chi connectivity index (χ3n) is 4.74. The maximum absolute atomic E-state index is 12.4. The first-order valence-electron chi connectivity index (χ1n) is 8.20. The van der Waals surface area contributed by atoms with Gasteiger partial charge in [-0.1, -0.05) is 18.2 Å². The van der Waals surface area contributed by atoms with Gasteiger partial charge in [-0.2, -0.15) is 0 Å². The summed E-state index contributed by atoms with van der Waals surface area (Å²) in [6, 6.07) is 9.75. The molecule has 3 rings (SSSR count). The van der Waals surface area contributed by atoms with E-state index in [2.05, 4.69) is 0 Å². The van der Waals surface area contributed by atoms with E-state index in [1.165, 1.54) is 0 Å². The summed E-state index contributed by atoms with van der Waals surface area (Å²) < 4.78 is 28.8. The highest BCUT2D eigenvalue weighted by Gasteiger charge is 2.36. The minimum atomic E-state index is -3.00. The minimum absolute atomic E-state index is 0.0218. The molecule has 1 atom stereocenters. The summed E-state index contributed by atoms with van der Waals surface area (Å²) >= 11 is 0. The normalized spacial score (nSPS) is 24.5. The molecule has 0 unspecified atom stereocenters. The second-order valence-corrected chi connectivity index (χ2v) is 8.72. The molecule has 6 heteroatoms. The van der Waals surface area contributed by atoms with Gasteiger partial charge in [0.25, 0.3) is 0 Å². The first-order chi connectivity index (χ1) is 11.0. The molecular weight excluding hydrogens is 314 g/mol. The summed E-state index contributed by atoms with van der Waals surface area (Å²) in [5, 5.41) is 0. The van der Waals surface area contributed by atoms with Gasteiger partial charge in [0.05, 0.1) is 24.0 Å². The van der Waals surface area contributed by atoms with Crippen molar-refractivity contribution in [2.45, 2.75) is 19.3 Å². The lowest BCUT2D eigenvalue weighted by atomic mass is 9.96. The molecule has 1 amide bonds. The molecule has 5 nitrogen and oxygen atoms in total. The maximum atomic E-state index is 12.4. The van der Waals surface area contributed by atoms with E-state index in [0.717, 1.165) is 18.6 Å². The zero-order chi connectivity index (χ0) is 16.3. The maximum Gasteiger partial charge on any atom is 0.226 e. The van der Waals surface area contributed by atoms with Gasteiger partial charge in [-0.15, -0.1) is 0 Å². The molecule has 0 radical (unpaired) electrons. The number of hydrogen-bond acceptors (Lipinski definition) is 4. The second-order valence-electron chi connectivity index (χ2n) is 6.49. The quantitative estimate of drug-likeness (QED) is 0.839. The van der Waals surface area contributed by atoms with Gasteiger partial charge in [-0.05, 0) is 37.3 Å². The fourth-order valence-electron chi connectivity index (χ4n) is 3.30. The largest absolute Gasteiger partial charge is 0.493 e. The Balaban J connectivity index is 1.44. The molecule has 2 heterocycles. The SMILES string of the molecule is O=C([C@@H]1CCS(=O)(=O)C1)N1CCC(COc2ccccc2)CC1. The van der Waals surface area contributed by atoms with E-state index >= 15 is 0 Å². The number of ether oxygens (including phenoxy) is 1. The van der Waals surface area contributed by atoms with Gasteiger partial charge in [-0.3, -0.25) is 4.79 Å². The molecule has 2 aliphatic heterocycles. The van der Waals surface area contributed by atoms with Crippen LogP contribution in [0.5, 0.6) is 5.75 Å². The first kappa shape index (κ1) is 16.3. The fourth-order valence-corrected chi connectivity index (χ4v) is 5.03. The van der Waals surface area contributed by atoms with Crippen molar-refractivity contribution in [3.05, 3.63) is 30.3 Å². The second kappa shape index (κ2) is 6.91. The lowest BCUT2D eigenvalue weighted by molar-refractivity contribution is -0.136.